The molecular weight excluding hydrogens is 206 g/mol. The van der Waals surface area contributed by atoms with Crippen molar-refractivity contribution in [3.8, 4) is 0 Å². The second-order valence-electron chi connectivity index (χ2n) is 3.46. The number of rotatable bonds is 4. The third-order valence-corrected chi connectivity index (χ3v) is 2.83. The highest BCUT2D eigenvalue weighted by Gasteiger charge is 2.02. The van der Waals surface area contributed by atoms with Crippen LogP contribution in [0.1, 0.15) is 10.6 Å². The van der Waals surface area contributed by atoms with E-state index in [2.05, 4.69) is 21.9 Å². The van der Waals surface area contributed by atoms with E-state index in [9.17, 15) is 0 Å². The Hall–Kier alpha value is -1.26. The first-order chi connectivity index (χ1) is 7.34. The number of hydrogen-bond acceptors (Lipinski definition) is 4. The minimum atomic E-state index is 0.874. The topological polar surface area (TPSA) is 29.0 Å². The van der Waals surface area contributed by atoms with E-state index >= 15 is 0 Å². The van der Waals surface area contributed by atoms with Crippen LogP contribution in [0.5, 0.6) is 0 Å². The Kier molecular flexibility index (Phi) is 3.42. The Labute approximate surface area is 93.4 Å². The van der Waals surface area contributed by atoms with Crippen LogP contribution in [0.2, 0.25) is 0 Å². The van der Waals surface area contributed by atoms with Crippen LogP contribution in [0, 0.1) is 0 Å². The van der Waals surface area contributed by atoms with Gasteiger partial charge in [-0.25, -0.2) is 0 Å². The minimum Gasteiger partial charge on any atom is -0.295 e. The van der Waals surface area contributed by atoms with Gasteiger partial charge in [0.25, 0.3) is 0 Å². The maximum absolute atomic E-state index is 4.29. The molecule has 0 aliphatic carbocycles. The van der Waals surface area contributed by atoms with Gasteiger partial charge in [0.1, 0.15) is 0 Å². The molecular formula is C11H13N3S. The first-order valence-electron chi connectivity index (χ1n) is 4.80. The maximum atomic E-state index is 4.29. The third-order valence-electron chi connectivity index (χ3n) is 2.07. The molecule has 15 heavy (non-hydrogen) atoms. The maximum Gasteiger partial charge on any atom is 0.0794 e. The predicted octanol–water partition coefficient (Wildman–Crippen LogP) is 2.17. The quantitative estimate of drug-likeness (QED) is 0.789. The fourth-order valence-corrected chi connectivity index (χ4v) is 2.08. The molecule has 2 aromatic heterocycles. The Bertz CT molecular complexity index is 385. The van der Waals surface area contributed by atoms with Gasteiger partial charge in [0, 0.05) is 30.4 Å². The molecule has 0 aliphatic rings. The Morgan fingerprint density at radius 2 is 2.27 bits per heavy atom. The molecule has 0 atom stereocenters. The van der Waals surface area contributed by atoms with Crippen LogP contribution in [-0.4, -0.2) is 21.9 Å². The van der Waals surface area contributed by atoms with Crippen LogP contribution in [0.15, 0.2) is 36.1 Å². The monoisotopic (exact) mass is 219 g/mol. The van der Waals surface area contributed by atoms with Gasteiger partial charge in [-0.3, -0.25) is 14.9 Å². The van der Waals surface area contributed by atoms with E-state index < -0.39 is 0 Å². The van der Waals surface area contributed by atoms with Crippen molar-refractivity contribution >= 4 is 11.3 Å². The molecule has 0 saturated carbocycles. The molecule has 2 rings (SSSR count). The highest BCUT2D eigenvalue weighted by molar-refractivity contribution is 7.09. The molecule has 2 heterocycles. The second kappa shape index (κ2) is 5.00. The van der Waals surface area contributed by atoms with Gasteiger partial charge >= 0.3 is 0 Å². The molecule has 0 bridgehead atoms. The first-order valence-corrected chi connectivity index (χ1v) is 5.68. The molecule has 0 aromatic carbocycles. The summed E-state index contributed by atoms with van der Waals surface area (Å²) in [6.45, 7) is 1.81. The molecule has 4 heteroatoms. The van der Waals surface area contributed by atoms with Crippen LogP contribution >= 0.6 is 11.3 Å². The Morgan fingerprint density at radius 3 is 2.93 bits per heavy atom. The smallest absolute Gasteiger partial charge is 0.0794 e. The molecule has 2 aromatic rings. The fraction of sp³-hybridized carbons (Fsp3) is 0.273. The van der Waals surface area contributed by atoms with Gasteiger partial charge in [0.2, 0.25) is 0 Å². The van der Waals surface area contributed by atoms with Crippen LogP contribution in [0.4, 0.5) is 0 Å². The summed E-state index contributed by atoms with van der Waals surface area (Å²) in [5.41, 5.74) is 2.97. The molecule has 0 N–H and O–H groups in total. The predicted molar refractivity (Wildman–Crippen MR) is 61.5 cm³/mol. The second-order valence-corrected chi connectivity index (χ2v) is 4.43. The van der Waals surface area contributed by atoms with Crippen molar-refractivity contribution in [3.63, 3.8) is 0 Å². The number of nitrogens with zero attached hydrogens (tertiary/aromatic N) is 3. The van der Waals surface area contributed by atoms with Crippen molar-refractivity contribution in [2.45, 2.75) is 13.1 Å². The Balaban J connectivity index is 1.90. The van der Waals surface area contributed by atoms with Crippen molar-refractivity contribution in [1.82, 2.24) is 14.9 Å². The van der Waals surface area contributed by atoms with Crippen molar-refractivity contribution in [3.05, 3.63) is 46.7 Å². The van der Waals surface area contributed by atoms with Crippen LogP contribution in [-0.2, 0) is 13.1 Å². The number of pyridine rings is 1. The molecule has 78 valence electrons. The average Bonchev–Trinajstić information content (AvgIpc) is 2.71. The number of hydrogen-bond donors (Lipinski definition) is 0. The van der Waals surface area contributed by atoms with E-state index in [1.54, 1.807) is 11.3 Å². The normalized spacial score (nSPS) is 10.8. The molecule has 0 amide bonds. The summed E-state index contributed by atoms with van der Waals surface area (Å²) >= 11 is 1.69. The van der Waals surface area contributed by atoms with E-state index in [-0.39, 0.29) is 0 Å². The van der Waals surface area contributed by atoms with Gasteiger partial charge in [-0.05, 0) is 19.2 Å². The molecule has 0 radical (unpaired) electrons. The summed E-state index contributed by atoms with van der Waals surface area (Å²) in [6, 6.07) is 6.00. The average molecular weight is 219 g/mol. The van der Waals surface area contributed by atoms with Gasteiger partial charge < -0.3 is 0 Å². The van der Waals surface area contributed by atoms with Crippen LogP contribution in [0.25, 0.3) is 0 Å². The van der Waals surface area contributed by atoms with Gasteiger partial charge in [-0.1, -0.05) is 6.07 Å². The lowest BCUT2D eigenvalue weighted by molar-refractivity contribution is 0.318. The Morgan fingerprint density at radius 1 is 1.33 bits per heavy atom. The molecule has 3 nitrogen and oxygen atoms in total. The summed E-state index contributed by atoms with van der Waals surface area (Å²) in [5.74, 6) is 0. The van der Waals surface area contributed by atoms with Crippen molar-refractivity contribution in [1.29, 1.82) is 0 Å². The number of thiazole rings is 1. The zero-order valence-corrected chi connectivity index (χ0v) is 9.44. The van der Waals surface area contributed by atoms with E-state index in [0.717, 1.165) is 18.8 Å². The molecule has 0 unspecified atom stereocenters. The molecule has 0 spiro atoms. The van der Waals surface area contributed by atoms with Crippen LogP contribution in [0.3, 0.4) is 0 Å². The van der Waals surface area contributed by atoms with Crippen molar-refractivity contribution in [2.24, 2.45) is 0 Å². The number of aromatic nitrogens is 2. The summed E-state index contributed by atoms with van der Waals surface area (Å²) in [7, 11) is 2.09. The van der Waals surface area contributed by atoms with Gasteiger partial charge in [0.05, 0.1) is 11.2 Å². The molecule has 0 aliphatic heterocycles. The largest absolute Gasteiger partial charge is 0.295 e. The lowest BCUT2D eigenvalue weighted by Gasteiger charge is -2.14. The van der Waals surface area contributed by atoms with Crippen molar-refractivity contribution in [2.75, 3.05) is 7.05 Å². The standard InChI is InChI=1S/C11H13N3S/c1-14(8-11-6-12-9-15-11)7-10-4-2-3-5-13-10/h2-6,9H,7-8H2,1H3. The molecule has 0 fully saturated rings. The zero-order chi connectivity index (χ0) is 10.5. The lowest BCUT2D eigenvalue weighted by atomic mass is 10.3. The lowest BCUT2D eigenvalue weighted by Crippen LogP contribution is -2.17. The van der Waals surface area contributed by atoms with E-state index in [1.165, 1.54) is 4.88 Å². The summed E-state index contributed by atoms with van der Waals surface area (Å²) in [4.78, 5) is 11.9. The van der Waals surface area contributed by atoms with E-state index in [1.807, 2.05) is 36.1 Å². The molecule has 0 saturated heterocycles. The van der Waals surface area contributed by atoms with Gasteiger partial charge in [-0.15, -0.1) is 11.3 Å². The minimum absolute atomic E-state index is 0.874. The first kappa shape index (κ1) is 10.3. The van der Waals surface area contributed by atoms with Gasteiger partial charge in [0.15, 0.2) is 0 Å². The van der Waals surface area contributed by atoms with Crippen LogP contribution < -0.4 is 0 Å². The van der Waals surface area contributed by atoms with E-state index in [0.29, 0.717) is 0 Å². The summed E-state index contributed by atoms with van der Waals surface area (Å²) in [5, 5.41) is 0. The highest BCUT2D eigenvalue weighted by atomic mass is 32.1. The summed E-state index contributed by atoms with van der Waals surface area (Å²) in [6.07, 6.45) is 3.75. The third kappa shape index (κ3) is 3.11. The zero-order valence-electron chi connectivity index (χ0n) is 8.63. The SMILES string of the molecule is CN(Cc1ccccn1)Cc1cncs1. The van der Waals surface area contributed by atoms with E-state index in [4.69, 9.17) is 0 Å². The fourth-order valence-electron chi connectivity index (χ4n) is 1.41. The highest BCUT2D eigenvalue weighted by Crippen LogP contribution is 2.09. The van der Waals surface area contributed by atoms with Crippen molar-refractivity contribution < 1.29 is 0 Å². The summed E-state index contributed by atoms with van der Waals surface area (Å²) < 4.78 is 0. The van der Waals surface area contributed by atoms with Gasteiger partial charge in [-0.2, -0.15) is 0 Å².